The Hall–Kier alpha value is -1.59. The molecule has 88 valence electrons. The Labute approximate surface area is 102 Å². The monoisotopic (exact) mass is 250 g/mol. The molecule has 2 atom stereocenters. The Morgan fingerprint density at radius 2 is 1.71 bits per heavy atom. The lowest BCUT2D eigenvalue weighted by Gasteiger charge is -2.21. The zero-order chi connectivity index (χ0) is 12.3. The standard InChI is InChI=1S/C12H10O4S/c13-7-3-1-4-8(14)10(7)12-9(15)5-2-6-11(12,16)17-12/h1-6,13-16H. The number of aliphatic hydroxyl groups excluding tert-OH is 1. The first-order valence-electron chi connectivity index (χ1n) is 5.04. The molecule has 1 aromatic rings. The lowest BCUT2D eigenvalue weighted by atomic mass is 9.87. The SMILES string of the molecule is OC1=CC=CC2(O)SC12c1c(O)cccc1O. The largest absolute Gasteiger partial charge is 0.510 e. The summed E-state index contributed by atoms with van der Waals surface area (Å²) < 4.78 is -1.18. The quantitative estimate of drug-likeness (QED) is 0.571. The highest BCUT2D eigenvalue weighted by Gasteiger charge is 2.73. The van der Waals surface area contributed by atoms with Crippen LogP contribution in [0.15, 0.2) is 42.2 Å². The van der Waals surface area contributed by atoms with E-state index in [0.717, 1.165) is 11.8 Å². The van der Waals surface area contributed by atoms with Crippen LogP contribution < -0.4 is 0 Å². The van der Waals surface area contributed by atoms with Gasteiger partial charge in [-0.3, -0.25) is 0 Å². The van der Waals surface area contributed by atoms with Gasteiger partial charge in [-0.05, 0) is 24.3 Å². The maximum Gasteiger partial charge on any atom is 0.157 e. The zero-order valence-electron chi connectivity index (χ0n) is 8.66. The third kappa shape index (κ3) is 1.13. The van der Waals surface area contributed by atoms with Crippen molar-refractivity contribution in [1.82, 2.24) is 0 Å². The van der Waals surface area contributed by atoms with Gasteiger partial charge in [0.1, 0.15) is 22.0 Å². The van der Waals surface area contributed by atoms with Crippen molar-refractivity contribution in [2.75, 3.05) is 0 Å². The smallest absolute Gasteiger partial charge is 0.157 e. The van der Waals surface area contributed by atoms with E-state index in [4.69, 9.17) is 0 Å². The van der Waals surface area contributed by atoms with Crippen LogP contribution in [0.25, 0.3) is 0 Å². The molecule has 0 amide bonds. The third-order valence-corrected chi connectivity index (χ3v) is 4.66. The van der Waals surface area contributed by atoms with Gasteiger partial charge in [0.15, 0.2) is 4.93 Å². The molecule has 0 saturated carbocycles. The van der Waals surface area contributed by atoms with Gasteiger partial charge < -0.3 is 20.4 Å². The second-order valence-corrected chi connectivity index (χ2v) is 5.50. The number of thioether (sulfide) groups is 1. The van der Waals surface area contributed by atoms with Crippen LogP contribution in [0, 0.1) is 0 Å². The summed E-state index contributed by atoms with van der Waals surface area (Å²) >= 11 is 1.07. The molecule has 1 fully saturated rings. The summed E-state index contributed by atoms with van der Waals surface area (Å²) in [6.45, 7) is 0. The number of hydrogen-bond acceptors (Lipinski definition) is 5. The Morgan fingerprint density at radius 1 is 1.06 bits per heavy atom. The number of fused-ring (bicyclic) bond motifs is 1. The lowest BCUT2D eigenvalue weighted by Crippen LogP contribution is -2.26. The minimum Gasteiger partial charge on any atom is -0.510 e. The van der Waals surface area contributed by atoms with E-state index in [2.05, 4.69) is 0 Å². The minimum atomic E-state index is -1.30. The molecule has 0 aromatic heterocycles. The molecule has 17 heavy (non-hydrogen) atoms. The van der Waals surface area contributed by atoms with Gasteiger partial charge in [-0.15, -0.1) is 0 Å². The summed E-state index contributed by atoms with van der Waals surface area (Å²) in [5, 5.41) is 39.8. The number of aromatic hydroxyl groups is 2. The molecule has 0 bridgehead atoms. The number of aliphatic hydroxyl groups is 2. The highest BCUT2D eigenvalue weighted by Crippen LogP contribution is 2.75. The molecule has 0 spiro atoms. The fourth-order valence-electron chi connectivity index (χ4n) is 2.23. The number of rotatable bonds is 1. The first kappa shape index (κ1) is 10.6. The molecule has 1 aromatic carbocycles. The summed E-state index contributed by atoms with van der Waals surface area (Å²) in [5.74, 6) is -0.378. The number of allylic oxidation sites excluding steroid dienone is 2. The summed E-state index contributed by atoms with van der Waals surface area (Å²) in [4.78, 5) is -1.30. The van der Waals surface area contributed by atoms with Crippen molar-refractivity contribution in [2.24, 2.45) is 0 Å². The normalized spacial score (nSPS) is 34.1. The van der Waals surface area contributed by atoms with Gasteiger partial charge in [-0.25, -0.2) is 0 Å². The van der Waals surface area contributed by atoms with E-state index >= 15 is 0 Å². The third-order valence-electron chi connectivity index (χ3n) is 3.08. The molecular formula is C12H10O4S. The summed E-state index contributed by atoms with van der Waals surface area (Å²) in [6, 6.07) is 4.32. The van der Waals surface area contributed by atoms with Crippen LogP contribution in [0.5, 0.6) is 11.5 Å². The average Bonchev–Trinajstić information content (AvgIpc) is 2.87. The zero-order valence-corrected chi connectivity index (χ0v) is 9.48. The van der Waals surface area contributed by atoms with Crippen molar-refractivity contribution in [3.8, 4) is 11.5 Å². The fourth-order valence-corrected chi connectivity index (χ4v) is 3.55. The number of phenols is 2. The number of hydrogen-bond donors (Lipinski definition) is 4. The molecule has 5 heteroatoms. The van der Waals surface area contributed by atoms with Crippen LogP contribution in [-0.2, 0) is 4.75 Å². The predicted octanol–water partition coefficient (Wildman–Crippen LogP) is 1.74. The fraction of sp³-hybridized carbons (Fsp3) is 0.167. The lowest BCUT2D eigenvalue weighted by molar-refractivity contribution is 0.168. The van der Waals surface area contributed by atoms with Crippen LogP contribution in [0.2, 0.25) is 0 Å². The van der Waals surface area contributed by atoms with Gasteiger partial charge >= 0.3 is 0 Å². The van der Waals surface area contributed by atoms with E-state index in [1.807, 2.05) is 0 Å². The molecule has 0 radical (unpaired) electrons. The van der Waals surface area contributed by atoms with Crippen LogP contribution in [0.4, 0.5) is 0 Å². The van der Waals surface area contributed by atoms with Crippen molar-refractivity contribution in [1.29, 1.82) is 0 Å². The van der Waals surface area contributed by atoms with E-state index < -0.39 is 9.68 Å². The second kappa shape index (κ2) is 3.00. The van der Waals surface area contributed by atoms with Crippen LogP contribution in [0.3, 0.4) is 0 Å². The molecule has 1 heterocycles. The highest BCUT2D eigenvalue weighted by molar-refractivity contribution is 8.09. The van der Waals surface area contributed by atoms with E-state index in [9.17, 15) is 20.4 Å². The van der Waals surface area contributed by atoms with Gasteiger partial charge in [0, 0.05) is 0 Å². The highest BCUT2D eigenvalue weighted by atomic mass is 32.2. The minimum absolute atomic E-state index is 0.0794. The van der Waals surface area contributed by atoms with Crippen molar-refractivity contribution in [3.05, 3.63) is 47.7 Å². The van der Waals surface area contributed by atoms with E-state index in [1.54, 1.807) is 6.08 Å². The van der Waals surface area contributed by atoms with Gasteiger partial charge in [0.25, 0.3) is 0 Å². The Morgan fingerprint density at radius 3 is 2.29 bits per heavy atom. The Kier molecular flexibility index (Phi) is 1.86. The van der Waals surface area contributed by atoms with Crippen molar-refractivity contribution >= 4 is 11.8 Å². The van der Waals surface area contributed by atoms with Crippen LogP contribution in [0.1, 0.15) is 5.56 Å². The first-order valence-corrected chi connectivity index (χ1v) is 5.86. The molecule has 2 aliphatic rings. The molecule has 1 aliphatic heterocycles. The molecule has 4 N–H and O–H groups in total. The first-order chi connectivity index (χ1) is 8.01. The van der Waals surface area contributed by atoms with E-state index in [0.29, 0.717) is 0 Å². The van der Waals surface area contributed by atoms with Crippen molar-refractivity contribution in [3.63, 3.8) is 0 Å². The average molecular weight is 250 g/mol. The van der Waals surface area contributed by atoms with Gasteiger partial charge in [-0.2, -0.15) is 0 Å². The van der Waals surface area contributed by atoms with E-state index in [-0.39, 0.29) is 22.8 Å². The molecular weight excluding hydrogens is 240 g/mol. The van der Waals surface area contributed by atoms with Gasteiger partial charge in [0.2, 0.25) is 0 Å². The molecule has 2 unspecified atom stereocenters. The van der Waals surface area contributed by atoms with Crippen molar-refractivity contribution in [2.45, 2.75) is 9.68 Å². The van der Waals surface area contributed by atoms with Crippen molar-refractivity contribution < 1.29 is 20.4 Å². The second-order valence-electron chi connectivity index (χ2n) is 4.06. The molecule has 4 nitrogen and oxygen atoms in total. The topological polar surface area (TPSA) is 80.9 Å². The predicted molar refractivity (Wildman–Crippen MR) is 63.8 cm³/mol. The molecule has 3 rings (SSSR count). The number of benzene rings is 1. The van der Waals surface area contributed by atoms with E-state index in [1.165, 1.54) is 30.4 Å². The number of phenolic OH excluding ortho intramolecular Hbond substituents is 2. The maximum atomic E-state index is 10.2. The summed E-state index contributed by atoms with van der Waals surface area (Å²) in [6.07, 6.45) is 4.52. The van der Waals surface area contributed by atoms with Crippen LogP contribution in [-0.4, -0.2) is 25.4 Å². The maximum absolute atomic E-state index is 10.2. The summed E-state index contributed by atoms with van der Waals surface area (Å²) in [7, 11) is 0. The summed E-state index contributed by atoms with van der Waals surface area (Å²) in [5.41, 5.74) is 0.144. The van der Waals surface area contributed by atoms with Gasteiger partial charge in [-0.1, -0.05) is 23.9 Å². The Bertz CT molecular complexity index is 545. The Balaban J connectivity index is 2.24. The molecule has 1 saturated heterocycles. The molecule has 1 aliphatic carbocycles. The van der Waals surface area contributed by atoms with Crippen LogP contribution >= 0.6 is 11.8 Å². The van der Waals surface area contributed by atoms with Gasteiger partial charge in [0.05, 0.1) is 5.56 Å².